The predicted molar refractivity (Wildman–Crippen MR) is 114 cm³/mol. The number of rotatable bonds is 4. The number of H-pyrrole nitrogens is 1. The van der Waals surface area contributed by atoms with Gasteiger partial charge < -0.3 is 9.88 Å². The second kappa shape index (κ2) is 8.51. The molecule has 0 aliphatic carbocycles. The minimum Gasteiger partial charge on any atom is -0.338 e. The summed E-state index contributed by atoms with van der Waals surface area (Å²) < 4.78 is 0. The third kappa shape index (κ3) is 4.14. The van der Waals surface area contributed by atoms with Crippen LogP contribution in [0.25, 0.3) is 0 Å². The van der Waals surface area contributed by atoms with Gasteiger partial charge in [-0.25, -0.2) is 0 Å². The fourth-order valence-corrected chi connectivity index (χ4v) is 4.61. The Bertz CT molecular complexity index is 901. The van der Waals surface area contributed by atoms with Gasteiger partial charge in [0.15, 0.2) is 0 Å². The van der Waals surface area contributed by atoms with Gasteiger partial charge >= 0.3 is 0 Å². The minimum atomic E-state index is -0.283. The SMILES string of the molecule is CC(C)c1ccc(C(=O)N2CCC(C3NNCC3c3ccccc3)CC2)c(=O)[nH]1. The van der Waals surface area contributed by atoms with Crippen molar-refractivity contribution in [3.63, 3.8) is 0 Å². The van der Waals surface area contributed by atoms with Crippen LogP contribution in [0.1, 0.15) is 60.1 Å². The Labute approximate surface area is 171 Å². The van der Waals surface area contributed by atoms with Crippen LogP contribution in [0.4, 0.5) is 0 Å². The van der Waals surface area contributed by atoms with Crippen LogP contribution in [0, 0.1) is 5.92 Å². The van der Waals surface area contributed by atoms with Crippen molar-refractivity contribution in [3.8, 4) is 0 Å². The molecule has 3 N–H and O–H groups in total. The number of pyridine rings is 1. The molecule has 154 valence electrons. The van der Waals surface area contributed by atoms with E-state index in [4.69, 9.17) is 0 Å². The number of aromatic amines is 1. The lowest BCUT2D eigenvalue weighted by Gasteiger charge is -2.36. The molecule has 2 aromatic rings. The van der Waals surface area contributed by atoms with Crippen molar-refractivity contribution in [2.24, 2.45) is 5.92 Å². The topological polar surface area (TPSA) is 77.2 Å². The van der Waals surface area contributed by atoms with Crippen LogP contribution < -0.4 is 16.4 Å². The summed E-state index contributed by atoms with van der Waals surface area (Å²) in [4.78, 5) is 30.0. The smallest absolute Gasteiger partial charge is 0.261 e. The number of hydrogen-bond donors (Lipinski definition) is 3. The van der Waals surface area contributed by atoms with Crippen LogP contribution in [-0.2, 0) is 0 Å². The van der Waals surface area contributed by atoms with E-state index >= 15 is 0 Å². The van der Waals surface area contributed by atoms with Gasteiger partial charge in [0.1, 0.15) is 5.56 Å². The van der Waals surface area contributed by atoms with E-state index in [2.05, 4.69) is 40.1 Å². The van der Waals surface area contributed by atoms with Gasteiger partial charge in [-0.2, -0.15) is 0 Å². The molecule has 29 heavy (non-hydrogen) atoms. The number of nitrogens with one attached hydrogen (secondary N) is 3. The van der Waals surface area contributed by atoms with Crippen LogP contribution in [0.15, 0.2) is 47.3 Å². The Hall–Kier alpha value is -2.44. The number of hydrazine groups is 1. The molecule has 0 bridgehead atoms. The number of carbonyl (C=O) groups is 1. The lowest BCUT2D eigenvalue weighted by atomic mass is 9.80. The maximum atomic E-state index is 12.9. The molecular formula is C23H30N4O2. The summed E-state index contributed by atoms with van der Waals surface area (Å²) in [6, 6.07) is 14.5. The highest BCUT2D eigenvalue weighted by Gasteiger charge is 2.37. The van der Waals surface area contributed by atoms with Crippen LogP contribution in [-0.4, -0.2) is 41.5 Å². The molecule has 3 heterocycles. The van der Waals surface area contributed by atoms with Gasteiger partial charge in [0.05, 0.1) is 0 Å². The lowest BCUT2D eigenvalue weighted by molar-refractivity contribution is 0.0668. The standard InChI is InChI=1S/C23H30N4O2/c1-15(2)20-9-8-18(22(28)25-20)23(29)27-12-10-17(11-13-27)21-19(14-24-26-21)16-6-4-3-5-7-16/h3-9,15,17,19,21,24,26H,10-14H2,1-2H3,(H,25,28). The highest BCUT2D eigenvalue weighted by molar-refractivity contribution is 5.93. The maximum absolute atomic E-state index is 12.9. The van der Waals surface area contributed by atoms with Gasteiger partial charge in [-0.1, -0.05) is 44.2 Å². The second-order valence-corrected chi connectivity index (χ2v) is 8.51. The number of carbonyl (C=O) groups excluding carboxylic acids is 1. The lowest BCUT2D eigenvalue weighted by Crippen LogP contribution is -2.46. The molecule has 2 aliphatic rings. The van der Waals surface area contributed by atoms with Gasteiger partial charge in [0.25, 0.3) is 11.5 Å². The summed E-state index contributed by atoms with van der Waals surface area (Å²) in [5, 5.41) is 0. The zero-order chi connectivity index (χ0) is 20.4. The van der Waals surface area contributed by atoms with Gasteiger partial charge in [-0.3, -0.25) is 20.4 Å². The summed E-state index contributed by atoms with van der Waals surface area (Å²) >= 11 is 0. The van der Waals surface area contributed by atoms with E-state index in [1.165, 1.54) is 5.56 Å². The van der Waals surface area contributed by atoms with E-state index in [-0.39, 0.29) is 22.9 Å². The molecule has 0 radical (unpaired) electrons. The molecule has 0 saturated carbocycles. The number of likely N-dealkylation sites (tertiary alicyclic amines) is 1. The summed E-state index contributed by atoms with van der Waals surface area (Å²) in [6.07, 6.45) is 1.88. The predicted octanol–water partition coefficient (Wildman–Crippen LogP) is 2.61. The molecule has 2 aliphatic heterocycles. The molecule has 2 fully saturated rings. The molecule has 2 atom stereocenters. The van der Waals surface area contributed by atoms with Crippen LogP contribution in [0.3, 0.4) is 0 Å². The van der Waals surface area contributed by atoms with E-state index in [0.29, 0.717) is 31.0 Å². The monoisotopic (exact) mass is 394 g/mol. The Kier molecular flexibility index (Phi) is 5.83. The first-order valence-corrected chi connectivity index (χ1v) is 10.6. The first-order chi connectivity index (χ1) is 14.0. The Balaban J connectivity index is 1.40. The minimum absolute atomic E-state index is 0.155. The van der Waals surface area contributed by atoms with E-state index in [9.17, 15) is 9.59 Å². The van der Waals surface area contributed by atoms with E-state index in [1.807, 2.05) is 30.9 Å². The molecular weight excluding hydrogens is 364 g/mol. The average molecular weight is 395 g/mol. The Morgan fingerprint density at radius 1 is 1.07 bits per heavy atom. The van der Waals surface area contributed by atoms with E-state index < -0.39 is 0 Å². The van der Waals surface area contributed by atoms with Crippen LogP contribution in [0.5, 0.6) is 0 Å². The Morgan fingerprint density at radius 2 is 1.79 bits per heavy atom. The van der Waals surface area contributed by atoms with Gasteiger partial charge in [0.2, 0.25) is 0 Å². The first-order valence-electron chi connectivity index (χ1n) is 10.6. The first kappa shape index (κ1) is 19.9. The van der Waals surface area contributed by atoms with Crippen LogP contribution in [0.2, 0.25) is 0 Å². The second-order valence-electron chi connectivity index (χ2n) is 8.51. The van der Waals surface area contributed by atoms with Crippen molar-refractivity contribution in [1.82, 2.24) is 20.7 Å². The van der Waals surface area contributed by atoms with Crippen molar-refractivity contribution >= 4 is 5.91 Å². The molecule has 0 spiro atoms. The normalized spacial score (nSPS) is 22.9. The zero-order valence-corrected chi connectivity index (χ0v) is 17.2. The molecule has 2 unspecified atom stereocenters. The largest absolute Gasteiger partial charge is 0.338 e. The number of hydrogen-bond acceptors (Lipinski definition) is 4. The number of benzene rings is 1. The number of aromatic nitrogens is 1. The molecule has 6 heteroatoms. The van der Waals surface area contributed by atoms with Gasteiger partial charge in [0, 0.05) is 37.3 Å². The Morgan fingerprint density at radius 3 is 2.45 bits per heavy atom. The van der Waals surface area contributed by atoms with Crippen molar-refractivity contribution in [2.75, 3.05) is 19.6 Å². The molecule has 1 amide bonds. The van der Waals surface area contributed by atoms with Crippen molar-refractivity contribution in [3.05, 3.63) is 69.6 Å². The van der Waals surface area contributed by atoms with Crippen LogP contribution >= 0.6 is 0 Å². The number of amides is 1. The third-order valence-corrected chi connectivity index (χ3v) is 6.37. The fourth-order valence-electron chi connectivity index (χ4n) is 4.61. The highest BCUT2D eigenvalue weighted by Crippen LogP contribution is 2.32. The van der Waals surface area contributed by atoms with Crippen molar-refractivity contribution < 1.29 is 4.79 Å². The van der Waals surface area contributed by atoms with Crippen molar-refractivity contribution in [2.45, 2.75) is 44.6 Å². The van der Waals surface area contributed by atoms with E-state index in [1.54, 1.807) is 6.07 Å². The quantitative estimate of drug-likeness (QED) is 0.745. The summed E-state index contributed by atoms with van der Waals surface area (Å²) in [7, 11) is 0. The van der Waals surface area contributed by atoms with Gasteiger partial charge in [-0.05, 0) is 42.4 Å². The number of nitrogens with zero attached hydrogens (tertiary/aromatic N) is 1. The molecule has 6 nitrogen and oxygen atoms in total. The molecule has 1 aromatic carbocycles. The highest BCUT2D eigenvalue weighted by atomic mass is 16.2. The average Bonchev–Trinajstić information content (AvgIpc) is 3.24. The van der Waals surface area contributed by atoms with Crippen molar-refractivity contribution in [1.29, 1.82) is 0 Å². The third-order valence-electron chi connectivity index (χ3n) is 6.37. The summed E-state index contributed by atoms with van der Waals surface area (Å²) in [5.74, 6) is 1.01. The number of piperidine rings is 1. The van der Waals surface area contributed by atoms with Gasteiger partial charge in [-0.15, -0.1) is 0 Å². The summed E-state index contributed by atoms with van der Waals surface area (Å²) in [6.45, 7) is 6.34. The van der Waals surface area contributed by atoms with E-state index in [0.717, 1.165) is 25.1 Å². The molecule has 1 aromatic heterocycles. The molecule has 4 rings (SSSR count). The zero-order valence-electron chi connectivity index (χ0n) is 17.2. The molecule has 2 saturated heterocycles. The summed E-state index contributed by atoms with van der Waals surface area (Å²) in [5.41, 5.74) is 8.97. The maximum Gasteiger partial charge on any atom is 0.261 e. The fraction of sp³-hybridized carbons (Fsp3) is 0.478.